The molecule has 8 nitrogen and oxygen atoms in total. The highest BCUT2D eigenvalue weighted by atomic mass is 16.5. The van der Waals surface area contributed by atoms with Crippen LogP contribution in [-0.4, -0.2) is 46.5 Å². The van der Waals surface area contributed by atoms with E-state index in [2.05, 4.69) is 11.4 Å². The van der Waals surface area contributed by atoms with Crippen LogP contribution in [0.4, 0.5) is 0 Å². The van der Waals surface area contributed by atoms with Gasteiger partial charge in [-0.25, -0.2) is 4.79 Å². The molecule has 1 heterocycles. The Labute approximate surface area is 199 Å². The zero-order valence-corrected chi connectivity index (χ0v) is 19.5. The molecule has 1 aliphatic rings. The summed E-state index contributed by atoms with van der Waals surface area (Å²) in [6, 6.07) is 13.4. The Kier molecular flexibility index (Phi) is 7.90. The first-order valence-electron chi connectivity index (χ1n) is 11.2. The van der Waals surface area contributed by atoms with E-state index in [1.54, 1.807) is 18.2 Å². The monoisotopic (exact) mass is 463 g/mol. The maximum atomic E-state index is 14.0. The highest BCUT2D eigenvalue weighted by molar-refractivity contribution is 5.91. The number of aliphatic carboxylic acids is 1. The van der Waals surface area contributed by atoms with Gasteiger partial charge >= 0.3 is 5.97 Å². The molecule has 2 aromatic carbocycles. The lowest BCUT2D eigenvalue weighted by molar-refractivity contribution is -0.155. The molecule has 2 aromatic rings. The predicted molar refractivity (Wildman–Crippen MR) is 125 cm³/mol. The number of hydrogen-bond acceptors (Lipinski definition) is 5. The molecule has 0 aromatic heterocycles. The van der Waals surface area contributed by atoms with Gasteiger partial charge < -0.3 is 20.1 Å². The lowest BCUT2D eigenvalue weighted by Gasteiger charge is -2.37. The second-order valence-corrected chi connectivity index (χ2v) is 8.86. The second kappa shape index (κ2) is 10.8. The van der Waals surface area contributed by atoms with Gasteiger partial charge in [-0.3, -0.25) is 9.59 Å². The van der Waals surface area contributed by atoms with Crippen LogP contribution in [0.25, 0.3) is 0 Å². The minimum atomic E-state index is -1.13. The number of carboxylic acid groups (broad SMARTS) is 1. The van der Waals surface area contributed by atoms with Gasteiger partial charge in [0.25, 0.3) is 0 Å². The largest absolute Gasteiger partial charge is 0.491 e. The van der Waals surface area contributed by atoms with Crippen molar-refractivity contribution in [3.8, 4) is 11.8 Å². The zero-order valence-electron chi connectivity index (χ0n) is 19.5. The second-order valence-electron chi connectivity index (χ2n) is 8.86. The number of nitriles is 1. The molecule has 178 valence electrons. The summed E-state index contributed by atoms with van der Waals surface area (Å²) in [6.45, 7) is 5.17. The number of ether oxygens (including phenoxy) is 1. The van der Waals surface area contributed by atoms with E-state index in [0.717, 1.165) is 5.56 Å². The smallest absolute Gasteiger partial charge is 0.326 e. The van der Waals surface area contributed by atoms with E-state index in [1.165, 1.54) is 11.8 Å². The van der Waals surface area contributed by atoms with Crippen LogP contribution in [-0.2, 0) is 20.8 Å². The SMILES string of the molecule is CC(=O)NC(Cc1ccccc1)C(=O)N([C@@H]1COc2ccc(C#N)cc21)[C@@H](CC(C)C)C(=O)O. The fraction of sp³-hybridized carbons (Fsp3) is 0.385. The van der Waals surface area contributed by atoms with E-state index < -0.39 is 30.0 Å². The van der Waals surface area contributed by atoms with Crippen molar-refractivity contribution in [1.82, 2.24) is 10.2 Å². The average Bonchev–Trinajstić information content (AvgIpc) is 3.21. The molecule has 0 radical (unpaired) electrons. The summed E-state index contributed by atoms with van der Waals surface area (Å²) in [7, 11) is 0. The van der Waals surface area contributed by atoms with Gasteiger partial charge in [0.1, 0.15) is 24.4 Å². The number of benzene rings is 2. The molecule has 0 saturated carbocycles. The third kappa shape index (κ3) is 5.73. The number of nitrogens with zero attached hydrogens (tertiary/aromatic N) is 2. The standard InChI is InChI=1S/C26H29N3O5/c1-16(2)11-22(26(32)33)29(23-15-34-24-10-9-19(14-27)12-20(23)24)25(31)21(28-17(3)30)13-18-7-5-4-6-8-18/h4-10,12,16,21-23H,11,13,15H2,1-3H3,(H,28,30)(H,32,33)/t21?,22-,23+/m0/s1. The molecular weight excluding hydrogens is 434 g/mol. The minimum Gasteiger partial charge on any atom is -0.491 e. The van der Waals surface area contributed by atoms with E-state index in [9.17, 15) is 24.8 Å². The summed E-state index contributed by atoms with van der Waals surface area (Å²) in [4.78, 5) is 39.7. The number of carbonyl (C=O) groups excluding carboxylic acids is 2. The quantitative estimate of drug-likeness (QED) is 0.590. The number of fused-ring (bicyclic) bond motifs is 1. The van der Waals surface area contributed by atoms with E-state index in [4.69, 9.17) is 4.74 Å². The predicted octanol–water partition coefficient (Wildman–Crippen LogP) is 3.07. The molecule has 3 rings (SSSR count). The van der Waals surface area contributed by atoms with Crippen molar-refractivity contribution < 1.29 is 24.2 Å². The van der Waals surface area contributed by atoms with E-state index in [1.807, 2.05) is 44.2 Å². The maximum Gasteiger partial charge on any atom is 0.326 e. The first kappa shape index (κ1) is 24.8. The number of carbonyl (C=O) groups is 3. The fourth-order valence-corrected chi connectivity index (χ4v) is 4.28. The normalized spacial score (nSPS) is 16.0. The minimum absolute atomic E-state index is 0.00280. The molecule has 0 fully saturated rings. The number of amides is 2. The maximum absolute atomic E-state index is 14.0. The molecule has 1 aliphatic heterocycles. The summed E-state index contributed by atoms with van der Waals surface area (Å²) in [5, 5.41) is 22.2. The van der Waals surface area contributed by atoms with Crippen molar-refractivity contribution in [3.05, 3.63) is 65.2 Å². The Morgan fingerprint density at radius 1 is 1.21 bits per heavy atom. The van der Waals surface area contributed by atoms with Crippen molar-refractivity contribution in [2.75, 3.05) is 6.61 Å². The third-order valence-corrected chi connectivity index (χ3v) is 5.76. The molecule has 3 atom stereocenters. The van der Waals surface area contributed by atoms with Crippen molar-refractivity contribution >= 4 is 17.8 Å². The van der Waals surface area contributed by atoms with Crippen LogP contribution in [0.3, 0.4) is 0 Å². The zero-order chi connectivity index (χ0) is 24.8. The first-order chi connectivity index (χ1) is 16.2. The summed E-state index contributed by atoms with van der Waals surface area (Å²) >= 11 is 0. The number of hydrogen-bond donors (Lipinski definition) is 2. The van der Waals surface area contributed by atoms with Crippen LogP contribution in [0.1, 0.15) is 49.9 Å². The lowest BCUT2D eigenvalue weighted by Crippen LogP contribution is -2.56. The van der Waals surface area contributed by atoms with Gasteiger partial charge in [-0.05, 0) is 36.1 Å². The molecule has 34 heavy (non-hydrogen) atoms. The molecule has 2 amide bonds. The van der Waals surface area contributed by atoms with Gasteiger partial charge in [-0.2, -0.15) is 5.26 Å². The molecule has 8 heteroatoms. The van der Waals surface area contributed by atoms with Crippen molar-refractivity contribution in [3.63, 3.8) is 0 Å². The van der Waals surface area contributed by atoms with Crippen LogP contribution in [0.15, 0.2) is 48.5 Å². The number of nitrogens with one attached hydrogen (secondary N) is 1. The van der Waals surface area contributed by atoms with Crippen LogP contribution >= 0.6 is 0 Å². The topological polar surface area (TPSA) is 120 Å². The summed E-state index contributed by atoms with van der Waals surface area (Å²) in [5.41, 5.74) is 1.81. The number of rotatable bonds is 9. The van der Waals surface area contributed by atoms with Gasteiger partial charge in [0, 0.05) is 18.9 Å². The molecule has 0 spiro atoms. The lowest BCUT2D eigenvalue weighted by atomic mass is 9.95. The van der Waals surface area contributed by atoms with Crippen molar-refractivity contribution in [2.45, 2.75) is 51.7 Å². The number of carboxylic acids is 1. The summed E-state index contributed by atoms with van der Waals surface area (Å²) in [5.74, 6) is -1.52. The Morgan fingerprint density at radius 2 is 1.91 bits per heavy atom. The third-order valence-electron chi connectivity index (χ3n) is 5.76. The van der Waals surface area contributed by atoms with E-state index >= 15 is 0 Å². The van der Waals surface area contributed by atoms with E-state index in [0.29, 0.717) is 16.9 Å². The molecule has 0 aliphatic carbocycles. The Bertz CT molecular complexity index is 1090. The Hall–Kier alpha value is -3.86. The van der Waals surface area contributed by atoms with Crippen LogP contribution in [0.2, 0.25) is 0 Å². The van der Waals surface area contributed by atoms with Gasteiger partial charge in [-0.1, -0.05) is 44.2 Å². The molecule has 0 saturated heterocycles. The summed E-state index contributed by atoms with van der Waals surface area (Å²) < 4.78 is 5.77. The van der Waals surface area contributed by atoms with Crippen molar-refractivity contribution in [1.29, 1.82) is 5.26 Å². The molecule has 1 unspecified atom stereocenters. The molecule has 0 bridgehead atoms. The van der Waals surface area contributed by atoms with Crippen LogP contribution in [0.5, 0.6) is 5.75 Å². The van der Waals surface area contributed by atoms with Gasteiger partial charge in [0.2, 0.25) is 11.8 Å². The highest BCUT2D eigenvalue weighted by Gasteiger charge is 2.42. The molecular formula is C26H29N3O5. The van der Waals surface area contributed by atoms with Crippen LogP contribution in [0, 0.1) is 17.2 Å². The Morgan fingerprint density at radius 3 is 2.50 bits per heavy atom. The molecule has 2 N–H and O–H groups in total. The van der Waals surface area contributed by atoms with Gasteiger partial charge in [-0.15, -0.1) is 0 Å². The Balaban J connectivity index is 2.07. The first-order valence-corrected chi connectivity index (χ1v) is 11.2. The van der Waals surface area contributed by atoms with E-state index in [-0.39, 0.29) is 31.3 Å². The van der Waals surface area contributed by atoms with Gasteiger partial charge in [0.15, 0.2) is 0 Å². The highest BCUT2D eigenvalue weighted by Crippen LogP contribution is 2.39. The fourth-order valence-electron chi connectivity index (χ4n) is 4.28. The van der Waals surface area contributed by atoms with Crippen LogP contribution < -0.4 is 10.1 Å². The average molecular weight is 464 g/mol. The van der Waals surface area contributed by atoms with Gasteiger partial charge in [0.05, 0.1) is 17.7 Å². The van der Waals surface area contributed by atoms with Crippen molar-refractivity contribution in [2.24, 2.45) is 5.92 Å². The summed E-state index contributed by atoms with van der Waals surface area (Å²) in [6.07, 6.45) is 0.436.